The van der Waals surface area contributed by atoms with Gasteiger partial charge in [-0.2, -0.15) is 0 Å². The molecule has 0 fully saturated rings. The maximum Gasteiger partial charge on any atom is 0.263 e. The van der Waals surface area contributed by atoms with Crippen LogP contribution in [-0.4, -0.2) is 20.1 Å². The van der Waals surface area contributed by atoms with Crippen LogP contribution in [0.15, 0.2) is 30.5 Å². The molecular formula is C12H13F2N3O. The zero-order chi connectivity index (χ0) is 13.1. The fourth-order valence-electron chi connectivity index (χ4n) is 1.76. The largest absolute Gasteiger partial charge is 0.382 e. The number of aliphatic hydroxyl groups excluding tert-OH is 1. The van der Waals surface area contributed by atoms with Crippen LogP contribution in [0.5, 0.6) is 0 Å². The summed E-state index contributed by atoms with van der Waals surface area (Å²) in [7, 11) is 0. The van der Waals surface area contributed by atoms with Crippen LogP contribution >= 0.6 is 0 Å². The Kier molecular flexibility index (Phi) is 3.66. The molecule has 1 aromatic heterocycles. The Morgan fingerprint density at radius 2 is 2.06 bits per heavy atom. The van der Waals surface area contributed by atoms with E-state index in [4.69, 9.17) is 0 Å². The number of aliphatic hydroxyl groups is 1. The van der Waals surface area contributed by atoms with Gasteiger partial charge in [-0.15, -0.1) is 5.10 Å². The number of aromatic nitrogens is 3. The quantitative estimate of drug-likeness (QED) is 0.909. The monoisotopic (exact) mass is 253 g/mol. The first kappa shape index (κ1) is 12.6. The Morgan fingerprint density at radius 3 is 2.72 bits per heavy atom. The van der Waals surface area contributed by atoms with Gasteiger partial charge in [-0.25, -0.2) is 13.5 Å². The maximum atomic E-state index is 12.6. The van der Waals surface area contributed by atoms with Crippen molar-refractivity contribution in [1.82, 2.24) is 15.0 Å². The van der Waals surface area contributed by atoms with Crippen molar-refractivity contribution in [3.05, 3.63) is 47.3 Å². The van der Waals surface area contributed by atoms with Crippen LogP contribution in [0.2, 0.25) is 0 Å². The van der Waals surface area contributed by atoms with Gasteiger partial charge in [0.1, 0.15) is 6.10 Å². The molecule has 2 aromatic rings. The minimum absolute atomic E-state index is 0.109. The fraction of sp³-hybridized carbons (Fsp3) is 0.333. The zero-order valence-corrected chi connectivity index (χ0v) is 9.79. The molecule has 1 unspecified atom stereocenters. The van der Waals surface area contributed by atoms with Crippen molar-refractivity contribution in [2.24, 2.45) is 0 Å². The summed E-state index contributed by atoms with van der Waals surface area (Å²) >= 11 is 0. The number of hydrogen-bond acceptors (Lipinski definition) is 3. The van der Waals surface area contributed by atoms with E-state index in [-0.39, 0.29) is 5.56 Å². The van der Waals surface area contributed by atoms with Gasteiger partial charge in [-0.1, -0.05) is 23.4 Å². The lowest BCUT2D eigenvalue weighted by atomic mass is 10.0. The van der Waals surface area contributed by atoms with Crippen LogP contribution in [0, 0.1) is 0 Å². The van der Waals surface area contributed by atoms with E-state index in [1.807, 2.05) is 6.92 Å². The summed E-state index contributed by atoms with van der Waals surface area (Å²) in [6.07, 6.45) is -2.12. The Morgan fingerprint density at radius 1 is 1.33 bits per heavy atom. The molecule has 4 nitrogen and oxygen atoms in total. The average molecular weight is 253 g/mol. The fourth-order valence-corrected chi connectivity index (χ4v) is 1.76. The molecule has 0 aliphatic rings. The Labute approximate surface area is 103 Å². The first-order valence-corrected chi connectivity index (χ1v) is 5.58. The first-order valence-electron chi connectivity index (χ1n) is 5.58. The molecule has 0 aliphatic heterocycles. The first-order chi connectivity index (χ1) is 8.63. The predicted molar refractivity (Wildman–Crippen MR) is 61.2 cm³/mol. The topological polar surface area (TPSA) is 50.9 Å². The molecule has 0 amide bonds. The van der Waals surface area contributed by atoms with Gasteiger partial charge in [0.05, 0.1) is 11.9 Å². The van der Waals surface area contributed by atoms with Crippen molar-refractivity contribution >= 4 is 0 Å². The third-order valence-corrected chi connectivity index (χ3v) is 2.71. The van der Waals surface area contributed by atoms with Crippen molar-refractivity contribution < 1.29 is 13.9 Å². The zero-order valence-electron chi connectivity index (χ0n) is 9.79. The third kappa shape index (κ3) is 2.38. The number of alkyl halides is 2. The van der Waals surface area contributed by atoms with E-state index in [0.717, 1.165) is 0 Å². The number of nitrogens with zero attached hydrogens (tertiary/aromatic N) is 3. The molecule has 0 spiro atoms. The van der Waals surface area contributed by atoms with Crippen LogP contribution < -0.4 is 0 Å². The van der Waals surface area contributed by atoms with E-state index in [1.54, 1.807) is 6.07 Å². The standard InChI is InChI=1S/C12H13F2N3O/c1-2-17-10(7-15-16-17)11(18)8-4-3-5-9(6-8)12(13)14/h3-7,11-12,18H,2H2,1H3. The van der Waals surface area contributed by atoms with Gasteiger partial charge in [0.25, 0.3) is 6.43 Å². The van der Waals surface area contributed by atoms with E-state index < -0.39 is 12.5 Å². The van der Waals surface area contributed by atoms with Crippen molar-refractivity contribution in [1.29, 1.82) is 0 Å². The van der Waals surface area contributed by atoms with E-state index in [9.17, 15) is 13.9 Å². The van der Waals surface area contributed by atoms with Crippen molar-refractivity contribution in [3.8, 4) is 0 Å². The van der Waals surface area contributed by atoms with Gasteiger partial charge in [0.15, 0.2) is 0 Å². The molecule has 1 atom stereocenters. The summed E-state index contributed by atoms with van der Waals surface area (Å²) in [6, 6.07) is 5.72. The second-order valence-electron chi connectivity index (χ2n) is 3.85. The molecule has 1 heterocycles. The van der Waals surface area contributed by atoms with Gasteiger partial charge >= 0.3 is 0 Å². The molecule has 1 N–H and O–H groups in total. The summed E-state index contributed by atoms with van der Waals surface area (Å²) < 4.78 is 26.7. The second-order valence-corrected chi connectivity index (χ2v) is 3.85. The Balaban J connectivity index is 2.34. The van der Waals surface area contributed by atoms with Gasteiger partial charge in [0, 0.05) is 12.1 Å². The molecule has 0 saturated carbocycles. The highest BCUT2D eigenvalue weighted by molar-refractivity contribution is 5.29. The predicted octanol–water partition coefficient (Wildman–Crippen LogP) is 2.32. The third-order valence-electron chi connectivity index (χ3n) is 2.71. The van der Waals surface area contributed by atoms with Crippen LogP contribution in [-0.2, 0) is 6.54 Å². The Bertz CT molecular complexity index is 528. The van der Waals surface area contributed by atoms with E-state index in [0.29, 0.717) is 17.8 Å². The highest BCUT2D eigenvalue weighted by Crippen LogP contribution is 2.25. The van der Waals surface area contributed by atoms with Gasteiger partial charge in [-0.3, -0.25) is 0 Å². The highest BCUT2D eigenvalue weighted by atomic mass is 19.3. The maximum absolute atomic E-state index is 12.6. The van der Waals surface area contributed by atoms with Gasteiger partial charge in [0.2, 0.25) is 0 Å². The molecule has 0 bridgehead atoms. The van der Waals surface area contributed by atoms with Crippen LogP contribution in [0.3, 0.4) is 0 Å². The number of benzene rings is 1. The average Bonchev–Trinajstić information content (AvgIpc) is 2.86. The Hall–Kier alpha value is -1.82. The summed E-state index contributed by atoms with van der Waals surface area (Å²) in [6.45, 7) is 2.42. The number of aryl methyl sites for hydroxylation is 1. The second kappa shape index (κ2) is 5.22. The molecule has 0 radical (unpaired) electrons. The van der Waals surface area contributed by atoms with Crippen LogP contribution in [0.4, 0.5) is 8.78 Å². The van der Waals surface area contributed by atoms with E-state index >= 15 is 0 Å². The summed E-state index contributed by atoms with van der Waals surface area (Å²) in [5.41, 5.74) is 0.788. The smallest absolute Gasteiger partial charge is 0.263 e. The summed E-state index contributed by atoms with van der Waals surface area (Å²) in [5.74, 6) is 0. The molecular weight excluding hydrogens is 240 g/mol. The molecule has 0 aliphatic carbocycles. The number of hydrogen-bond donors (Lipinski definition) is 1. The molecule has 18 heavy (non-hydrogen) atoms. The van der Waals surface area contributed by atoms with Crippen LogP contribution in [0.25, 0.3) is 0 Å². The highest BCUT2D eigenvalue weighted by Gasteiger charge is 2.17. The normalized spacial score (nSPS) is 12.9. The molecule has 2 rings (SSSR count). The van der Waals surface area contributed by atoms with Crippen LogP contribution in [0.1, 0.15) is 36.3 Å². The van der Waals surface area contributed by atoms with E-state index in [1.165, 1.54) is 29.1 Å². The minimum atomic E-state index is -2.55. The number of halogens is 2. The van der Waals surface area contributed by atoms with Gasteiger partial charge in [-0.05, 0) is 18.6 Å². The molecule has 6 heteroatoms. The molecule has 96 valence electrons. The van der Waals surface area contributed by atoms with Gasteiger partial charge < -0.3 is 5.11 Å². The minimum Gasteiger partial charge on any atom is -0.382 e. The van der Waals surface area contributed by atoms with Crippen molar-refractivity contribution in [3.63, 3.8) is 0 Å². The lowest BCUT2D eigenvalue weighted by Gasteiger charge is -2.12. The molecule has 1 aromatic carbocycles. The van der Waals surface area contributed by atoms with Crippen molar-refractivity contribution in [2.45, 2.75) is 26.0 Å². The number of rotatable bonds is 4. The summed E-state index contributed by atoms with van der Waals surface area (Å²) in [4.78, 5) is 0. The van der Waals surface area contributed by atoms with Crippen molar-refractivity contribution in [2.75, 3.05) is 0 Å². The summed E-state index contributed by atoms with van der Waals surface area (Å²) in [5, 5.41) is 17.7. The van der Waals surface area contributed by atoms with E-state index in [2.05, 4.69) is 10.3 Å². The SMILES string of the molecule is CCn1nncc1C(O)c1cccc(C(F)F)c1. The molecule has 0 saturated heterocycles. The lowest BCUT2D eigenvalue weighted by Crippen LogP contribution is -2.09. The lowest BCUT2D eigenvalue weighted by molar-refractivity contribution is 0.150.